The molecule has 0 saturated carbocycles. The number of fused-ring (bicyclic) bond motifs is 8. The van der Waals surface area contributed by atoms with Crippen LogP contribution in [0.15, 0.2) is 243 Å². The lowest BCUT2D eigenvalue weighted by Gasteiger charge is -2.35. The van der Waals surface area contributed by atoms with Crippen LogP contribution in [0.25, 0.3) is 38.6 Å². The van der Waals surface area contributed by atoms with Crippen molar-refractivity contribution in [1.82, 2.24) is 4.57 Å². The minimum atomic E-state index is -0.180. The molecule has 11 aromatic rings. The fourth-order valence-corrected chi connectivity index (χ4v) is 10.1. The summed E-state index contributed by atoms with van der Waals surface area (Å²) in [5.41, 5.74) is 14.9. The highest BCUT2D eigenvalue weighted by molar-refractivity contribution is 6.98. The van der Waals surface area contributed by atoms with Crippen LogP contribution in [0.1, 0.15) is 0 Å². The first-order valence-electron chi connectivity index (χ1n) is 22.5. The Morgan fingerprint density at radius 2 is 0.818 bits per heavy atom. The molecule has 6 heteroatoms. The van der Waals surface area contributed by atoms with Crippen molar-refractivity contribution in [3.63, 3.8) is 0 Å². The van der Waals surface area contributed by atoms with Crippen molar-refractivity contribution in [3.05, 3.63) is 243 Å². The maximum absolute atomic E-state index is 7.46. The molecule has 0 N–H and O–H groups in total. The molecule has 0 bridgehead atoms. The Hall–Kier alpha value is -8.74. The van der Waals surface area contributed by atoms with E-state index in [4.69, 9.17) is 9.47 Å². The number of anilines is 6. The van der Waals surface area contributed by atoms with E-state index in [0.717, 1.165) is 107 Å². The molecule has 10 aromatic carbocycles. The summed E-state index contributed by atoms with van der Waals surface area (Å²) in [6.45, 7) is -0.180. The fraction of sp³-hybridized carbons (Fsp3) is 0. The molecule has 0 saturated heterocycles. The van der Waals surface area contributed by atoms with Gasteiger partial charge in [0.25, 0.3) is 6.71 Å². The Morgan fingerprint density at radius 3 is 1.33 bits per heavy atom. The molecule has 310 valence electrons. The van der Waals surface area contributed by atoms with Crippen molar-refractivity contribution in [3.8, 4) is 39.8 Å². The van der Waals surface area contributed by atoms with Gasteiger partial charge in [-0.2, -0.15) is 0 Å². The standard InChI is InChI=1S/C60H40BN3O2/c1-7-19-41(20-8-1)42-31-34-50-51-40-57-58-60(59(51)64(54(50)37-42)47-29-17-6-18-30-47)66-56-39-49(63(45-25-13-4-14-26-45)46-27-15-5-16-28-46)33-36-53(56)61(58)52-35-32-48(38-55(52)65-57)62(43-21-9-2-10-22-43)44-23-11-3-12-24-44/h1-40H. The van der Waals surface area contributed by atoms with Crippen LogP contribution in [0.3, 0.4) is 0 Å². The predicted octanol–water partition coefficient (Wildman–Crippen LogP) is 14.1. The number of hydrogen-bond donors (Lipinski definition) is 0. The summed E-state index contributed by atoms with van der Waals surface area (Å²) in [5.74, 6) is 3.22. The highest BCUT2D eigenvalue weighted by atomic mass is 16.5. The van der Waals surface area contributed by atoms with E-state index in [1.54, 1.807) is 0 Å². The van der Waals surface area contributed by atoms with Gasteiger partial charge in [0.2, 0.25) is 0 Å². The molecular weight excluding hydrogens is 805 g/mol. The minimum Gasteiger partial charge on any atom is -0.458 e. The van der Waals surface area contributed by atoms with E-state index in [1.807, 2.05) is 0 Å². The summed E-state index contributed by atoms with van der Waals surface area (Å²) in [6, 6.07) is 85.9. The molecule has 2 aliphatic heterocycles. The van der Waals surface area contributed by atoms with Crippen LogP contribution in [-0.2, 0) is 0 Å². The summed E-state index contributed by atoms with van der Waals surface area (Å²) in [6.07, 6.45) is 0. The lowest BCUT2D eigenvalue weighted by molar-refractivity contribution is 0.468. The number of hydrogen-bond acceptors (Lipinski definition) is 4. The van der Waals surface area contributed by atoms with Gasteiger partial charge in [-0.25, -0.2) is 0 Å². The zero-order chi connectivity index (χ0) is 43.6. The molecule has 0 atom stereocenters. The lowest BCUT2D eigenvalue weighted by Crippen LogP contribution is -2.57. The number of rotatable bonds is 8. The second-order valence-corrected chi connectivity index (χ2v) is 16.9. The van der Waals surface area contributed by atoms with Crippen molar-refractivity contribution < 1.29 is 9.47 Å². The van der Waals surface area contributed by atoms with Gasteiger partial charge in [-0.05, 0) is 107 Å². The average molecular weight is 846 g/mol. The highest BCUT2D eigenvalue weighted by Gasteiger charge is 2.43. The van der Waals surface area contributed by atoms with Gasteiger partial charge >= 0.3 is 0 Å². The zero-order valence-corrected chi connectivity index (χ0v) is 35.8. The monoisotopic (exact) mass is 845 g/mol. The Bertz CT molecular complexity index is 3500. The van der Waals surface area contributed by atoms with Gasteiger partial charge in [-0.3, -0.25) is 0 Å². The van der Waals surface area contributed by atoms with Crippen LogP contribution in [0, 0.1) is 0 Å². The first kappa shape index (κ1) is 37.8. The van der Waals surface area contributed by atoms with Crippen LogP contribution in [0.2, 0.25) is 0 Å². The largest absolute Gasteiger partial charge is 0.458 e. The maximum Gasteiger partial charge on any atom is 0.260 e. The van der Waals surface area contributed by atoms with Crippen LogP contribution in [0.5, 0.6) is 23.0 Å². The third-order valence-corrected chi connectivity index (χ3v) is 13.0. The molecule has 2 aliphatic rings. The first-order valence-corrected chi connectivity index (χ1v) is 22.5. The van der Waals surface area contributed by atoms with E-state index < -0.39 is 0 Å². The number of para-hydroxylation sites is 5. The van der Waals surface area contributed by atoms with Gasteiger partial charge in [0.1, 0.15) is 17.2 Å². The number of benzene rings is 10. The molecule has 3 heterocycles. The molecule has 0 amide bonds. The van der Waals surface area contributed by atoms with Gasteiger partial charge in [0, 0.05) is 68.2 Å². The third kappa shape index (κ3) is 6.18. The van der Waals surface area contributed by atoms with Gasteiger partial charge < -0.3 is 23.8 Å². The van der Waals surface area contributed by atoms with Gasteiger partial charge in [0.15, 0.2) is 5.75 Å². The van der Waals surface area contributed by atoms with Crippen LogP contribution in [0.4, 0.5) is 34.1 Å². The van der Waals surface area contributed by atoms with Crippen molar-refractivity contribution >= 4 is 79.0 Å². The van der Waals surface area contributed by atoms with Crippen LogP contribution < -0.4 is 35.7 Å². The topological polar surface area (TPSA) is 29.9 Å². The second kappa shape index (κ2) is 15.5. The summed E-state index contributed by atoms with van der Waals surface area (Å²) in [4.78, 5) is 4.58. The van der Waals surface area contributed by atoms with Crippen molar-refractivity contribution in [2.24, 2.45) is 0 Å². The molecule has 0 aliphatic carbocycles. The summed E-state index contributed by atoms with van der Waals surface area (Å²) in [7, 11) is 0. The van der Waals surface area contributed by atoms with E-state index in [2.05, 4.69) is 257 Å². The lowest BCUT2D eigenvalue weighted by atomic mass is 9.34. The van der Waals surface area contributed by atoms with E-state index in [0.29, 0.717) is 0 Å². The van der Waals surface area contributed by atoms with E-state index in [9.17, 15) is 0 Å². The maximum atomic E-state index is 7.46. The predicted molar refractivity (Wildman–Crippen MR) is 273 cm³/mol. The number of aromatic nitrogens is 1. The second-order valence-electron chi connectivity index (χ2n) is 16.9. The molecule has 1 aromatic heterocycles. The molecule has 5 nitrogen and oxygen atoms in total. The summed E-state index contributed by atoms with van der Waals surface area (Å²) in [5, 5.41) is 2.18. The van der Waals surface area contributed by atoms with E-state index >= 15 is 0 Å². The highest BCUT2D eigenvalue weighted by Crippen LogP contribution is 2.47. The summed E-state index contributed by atoms with van der Waals surface area (Å²) >= 11 is 0. The average Bonchev–Trinajstić information content (AvgIpc) is 3.71. The molecule has 0 spiro atoms. The van der Waals surface area contributed by atoms with E-state index in [-0.39, 0.29) is 6.71 Å². The van der Waals surface area contributed by atoms with Crippen LogP contribution in [-0.4, -0.2) is 11.3 Å². The van der Waals surface area contributed by atoms with Gasteiger partial charge in [-0.1, -0.05) is 146 Å². The number of nitrogens with zero attached hydrogens (tertiary/aromatic N) is 3. The molecule has 0 unspecified atom stereocenters. The first-order chi connectivity index (χ1) is 32.7. The smallest absolute Gasteiger partial charge is 0.260 e. The summed E-state index contributed by atoms with van der Waals surface area (Å²) < 4.78 is 17.1. The van der Waals surface area contributed by atoms with Crippen LogP contribution >= 0.6 is 0 Å². The van der Waals surface area contributed by atoms with Gasteiger partial charge in [-0.15, -0.1) is 0 Å². The van der Waals surface area contributed by atoms with Crippen molar-refractivity contribution in [2.75, 3.05) is 9.80 Å². The normalized spacial score (nSPS) is 12.2. The molecular formula is C60H40BN3O2. The zero-order valence-electron chi connectivity index (χ0n) is 35.8. The minimum absolute atomic E-state index is 0.180. The quantitative estimate of drug-likeness (QED) is 0.143. The SMILES string of the molecule is c1ccc(-c2ccc3c4cc5c6c(c4n(-c4ccccc4)c3c2)Oc2cc(N(c3ccccc3)c3ccccc3)ccc2B6c2ccc(N(c3ccccc3)c3ccccc3)cc2O5)cc1. The number of ether oxygens (including phenoxy) is 2. The fourth-order valence-electron chi connectivity index (χ4n) is 10.1. The molecule has 66 heavy (non-hydrogen) atoms. The Labute approximate surface area is 383 Å². The Morgan fingerprint density at radius 1 is 0.348 bits per heavy atom. The Kier molecular flexibility index (Phi) is 8.88. The van der Waals surface area contributed by atoms with Crippen molar-refractivity contribution in [2.45, 2.75) is 0 Å². The van der Waals surface area contributed by atoms with Gasteiger partial charge in [0.05, 0.1) is 11.0 Å². The van der Waals surface area contributed by atoms with E-state index in [1.165, 1.54) is 5.56 Å². The van der Waals surface area contributed by atoms with Crippen molar-refractivity contribution in [1.29, 1.82) is 0 Å². The molecule has 0 fully saturated rings. The molecule has 0 radical (unpaired) electrons. The Balaban J connectivity index is 1.07. The molecule has 13 rings (SSSR count). The third-order valence-electron chi connectivity index (χ3n) is 13.0.